The molecule has 1 atom stereocenters. The number of anilines is 3. The number of rotatable bonds is 8. The van der Waals surface area contributed by atoms with E-state index in [-0.39, 0.29) is 9.19 Å². The number of pyridine rings is 1. The zero-order chi connectivity index (χ0) is 44.4. The van der Waals surface area contributed by atoms with Crippen molar-refractivity contribution in [2.75, 3.05) is 4.90 Å². The number of para-hydroxylation sites is 2. The first kappa shape index (κ1) is 39.4. The first-order valence-corrected chi connectivity index (χ1v) is 27.0. The highest BCUT2D eigenvalue weighted by Gasteiger charge is 2.21. The smallest absolute Gasteiger partial charge is 0.0751 e. The van der Waals surface area contributed by atoms with Gasteiger partial charge >= 0.3 is 0 Å². The Morgan fingerprint density at radius 2 is 0.866 bits per heavy atom. The van der Waals surface area contributed by atoms with Crippen molar-refractivity contribution in [3.8, 4) is 39.1 Å². The maximum Gasteiger partial charge on any atom is 0.0751 e. The lowest BCUT2D eigenvalue weighted by Gasteiger charge is -2.26. The second kappa shape index (κ2) is 16.1. The van der Waals surface area contributed by atoms with Gasteiger partial charge in [0, 0.05) is 56.1 Å². The molecular weight excluding hydrogens is 846 g/mol. The van der Waals surface area contributed by atoms with E-state index in [4.69, 9.17) is 0 Å². The first-order chi connectivity index (χ1) is 33.2. The number of nitrogens with zero attached hydrogens (tertiary/aromatic N) is 3. The Bertz CT molecular complexity index is 3990. The second-order valence-corrected chi connectivity index (χ2v) is 19.9. The zero-order valence-corrected chi connectivity index (χ0v) is 39.3. The van der Waals surface area contributed by atoms with Gasteiger partial charge < -0.3 is 13.9 Å². The highest BCUT2D eigenvalue weighted by molar-refractivity contribution is 7.58. The van der Waals surface area contributed by atoms with Crippen LogP contribution in [0, 0.1) is 0 Å². The summed E-state index contributed by atoms with van der Waals surface area (Å²) in [5.74, 6) is 0. The summed E-state index contributed by atoms with van der Waals surface area (Å²) in [5, 5.41) is 10.3. The second-order valence-electron chi connectivity index (χ2n) is 17.4. The lowest BCUT2D eigenvalue weighted by molar-refractivity contribution is 1.18. The quantitative estimate of drug-likeness (QED) is 0.0841. The number of aromatic nitrogens is 2. The highest BCUT2D eigenvalue weighted by Crippen LogP contribution is 2.45. The minimum atomic E-state index is -0.359. The Labute approximate surface area is 393 Å². The van der Waals surface area contributed by atoms with Crippen LogP contribution in [-0.2, 0) is 0 Å². The van der Waals surface area contributed by atoms with Crippen molar-refractivity contribution in [1.82, 2.24) is 8.97 Å². The Hall–Kier alpha value is -8.01. The van der Waals surface area contributed by atoms with Crippen molar-refractivity contribution >= 4 is 100.0 Å². The van der Waals surface area contributed by atoms with E-state index in [0.717, 1.165) is 17.1 Å². The molecule has 13 rings (SSSR count). The van der Waals surface area contributed by atoms with Crippen LogP contribution in [0.1, 0.15) is 0 Å². The van der Waals surface area contributed by atoms with E-state index in [0.29, 0.717) is 0 Å². The Balaban J connectivity index is 0.905. The van der Waals surface area contributed by atoms with Crippen molar-refractivity contribution in [1.29, 1.82) is 0 Å². The molecule has 1 unspecified atom stereocenters. The van der Waals surface area contributed by atoms with E-state index in [1.807, 2.05) is 0 Å². The maximum atomic E-state index is 2.99. The van der Waals surface area contributed by atoms with E-state index in [2.05, 4.69) is 265 Å². The van der Waals surface area contributed by atoms with Gasteiger partial charge in [-0.1, -0.05) is 157 Å². The lowest BCUT2D eigenvalue weighted by Crippen LogP contribution is -2.13. The molecule has 3 aromatic heterocycles. The third-order valence-corrected chi connectivity index (χ3v) is 16.1. The fourth-order valence-corrected chi connectivity index (χ4v) is 11.9. The van der Waals surface area contributed by atoms with Gasteiger partial charge in [0.25, 0.3) is 0 Å². The van der Waals surface area contributed by atoms with Gasteiger partial charge in [0.15, 0.2) is 0 Å². The van der Waals surface area contributed by atoms with Gasteiger partial charge in [-0.25, -0.2) is 0 Å². The molecule has 0 amide bonds. The summed E-state index contributed by atoms with van der Waals surface area (Å²) in [5.41, 5.74) is 16.7. The summed E-state index contributed by atoms with van der Waals surface area (Å²) in [6, 6.07) is 87.0. The fraction of sp³-hybridized carbons (Fsp3) is 0. The Morgan fingerprint density at radius 3 is 1.55 bits per heavy atom. The van der Waals surface area contributed by atoms with Crippen molar-refractivity contribution in [2.24, 2.45) is 0 Å². The standard InChI is InChI=1S/C62H44N3PSi/c66-67-50-34-32-49(33-35-50)64(48-30-24-42(25-31-48)45-27-37-58-55(39-45)53-18-9-10-20-57(53)65(58)46-15-5-2-6-16-46)47-28-22-41(23-29-47)44-26-36-52-51-17-7-8-19-54(51)62-61(56(52)40-44)60(43-13-3-1-4-14-43)59-21-11-12-38-63(59)62/h1-40H,66-67H2. The van der Waals surface area contributed by atoms with Gasteiger partial charge in [-0.05, 0) is 129 Å². The molecule has 3 nitrogen and oxygen atoms in total. The summed E-state index contributed by atoms with van der Waals surface area (Å²) in [4.78, 5) is 2.38. The zero-order valence-electron chi connectivity index (χ0n) is 36.7. The predicted octanol–water partition coefficient (Wildman–Crippen LogP) is 15.6. The van der Waals surface area contributed by atoms with Gasteiger partial charge in [0.1, 0.15) is 0 Å². The van der Waals surface area contributed by atoms with Crippen LogP contribution in [-0.4, -0.2) is 18.2 Å². The van der Waals surface area contributed by atoms with Crippen LogP contribution in [0.25, 0.3) is 98.8 Å². The van der Waals surface area contributed by atoms with Crippen LogP contribution in [0.3, 0.4) is 0 Å². The van der Waals surface area contributed by atoms with Gasteiger partial charge in [0.05, 0.1) is 31.3 Å². The van der Waals surface area contributed by atoms with Crippen molar-refractivity contribution in [3.63, 3.8) is 0 Å². The number of hydrogen-bond donors (Lipinski definition) is 0. The van der Waals surface area contributed by atoms with Crippen LogP contribution in [0.2, 0.25) is 0 Å². The molecule has 0 N–H and O–H groups in total. The largest absolute Gasteiger partial charge is 0.315 e. The topological polar surface area (TPSA) is 12.6 Å². The summed E-state index contributed by atoms with van der Waals surface area (Å²) in [6.45, 7) is 0. The van der Waals surface area contributed by atoms with E-state index >= 15 is 0 Å². The van der Waals surface area contributed by atoms with Gasteiger partial charge in [-0.15, -0.1) is 0 Å². The van der Waals surface area contributed by atoms with E-state index < -0.39 is 0 Å². The molecule has 0 saturated heterocycles. The number of fused-ring (bicyclic) bond motifs is 11. The maximum absolute atomic E-state index is 2.99. The van der Waals surface area contributed by atoms with Gasteiger partial charge in [0.2, 0.25) is 0 Å². The SMILES string of the molecule is P[SiH2]c1ccc(N(c2ccc(-c3ccc4c5ccccc5c5c(c(-c6ccccc6)c6ccccn65)c4c3)cc2)c2ccc(-c3ccc4c(c3)c3ccccc3n4-c3ccccc3)cc2)cc1. The van der Waals surface area contributed by atoms with Gasteiger partial charge in [-0.3, -0.25) is 0 Å². The molecule has 0 radical (unpaired) electrons. The third-order valence-electron chi connectivity index (χ3n) is 13.7. The Kier molecular flexibility index (Phi) is 9.49. The molecule has 10 aromatic carbocycles. The minimum absolute atomic E-state index is 0.359. The molecule has 67 heavy (non-hydrogen) atoms. The molecule has 0 spiro atoms. The molecule has 0 bridgehead atoms. The molecule has 0 aliphatic rings. The third kappa shape index (κ3) is 6.52. The lowest BCUT2D eigenvalue weighted by atomic mass is 9.91. The van der Waals surface area contributed by atoms with Crippen LogP contribution < -0.4 is 10.1 Å². The molecule has 316 valence electrons. The Morgan fingerprint density at radius 1 is 0.358 bits per heavy atom. The molecule has 3 heterocycles. The molecule has 0 fully saturated rings. The summed E-state index contributed by atoms with van der Waals surface area (Å²) >= 11 is 0. The van der Waals surface area contributed by atoms with Crippen molar-refractivity contribution < 1.29 is 0 Å². The van der Waals surface area contributed by atoms with E-state index in [9.17, 15) is 0 Å². The van der Waals surface area contributed by atoms with Crippen LogP contribution in [0.15, 0.2) is 243 Å². The summed E-state index contributed by atoms with van der Waals surface area (Å²) < 4.78 is 4.76. The average Bonchev–Trinajstić information content (AvgIpc) is 3.93. The summed E-state index contributed by atoms with van der Waals surface area (Å²) in [7, 11) is 2.63. The van der Waals surface area contributed by atoms with Crippen molar-refractivity contribution in [2.45, 2.75) is 0 Å². The molecule has 0 saturated carbocycles. The fourth-order valence-electron chi connectivity index (χ4n) is 10.6. The summed E-state index contributed by atoms with van der Waals surface area (Å²) in [6.07, 6.45) is 2.21. The van der Waals surface area contributed by atoms with Crippen molar-refractivity contribution in [3.05, 3.63) is 243 Å². The highest BCUT2D eigenvalue weighted by atomic mass is 31.3. The van der Waals surface area contributed by atoms with Crippen LogP contribution in [0.5, 0.6) is 0 Å². The van der Waals surface area contributed by atoms with E-state index in [1.54, 1.807) is 0 Å². The predicted molar refractivity (Wildman–Crippen MR) is 293 cm³/mol. The van der Waals surface area contributed by atoms with Crippen LogP contribution in [0.4, 0.5) is 17.1 Å². The first-order valence-electron chi connectivity index (χ1n) is 23.0. The van der Waals surface area contributed by atoms with E-state index in [1.165, 1.54) is 104 Å². The monoisotopic (exact) mass is 889 g/mol. The normalized spacial score (nSPS) is 11.9. The molecule has 0 aliphatic heterocycles. The minimum Gasteiger partial charge on any atom is -0.315 e. The number of benzene rings is 10. The molecular formula is C62H44N3PSi. The molecule has 0 aliphatic carbocycles. The molecule has 5 heteroatoms. The molecule has 13 aromatic rings. The van der Waals surface area contributed by atoms with Gasteiger partial charge in [-0.2, -0.15) is 8.79 Å². The van der Waals surface area contributed by atoms with Crippen LogP contribution >= 0.6 is 8.79 Å². The number of hydrogen-bond acceptors (Lipinski definition) is 1. The average molecular weight is 890 g/mol.